The molecule has 8 heteroatoms. The zero-order valence-corrected chi connectivity index (χ0v) is 37.8. The second-order valence-electron chi connectivity index (χ2n) is 13.9. The molecule has 0 saturated heterocycles. The van der Waals surface area contributed by atoms with E-state index in [0.29, 0.717) is 40.8 Å². The van der Waals surface area contributed by atoms with Crippen LogP contribution in [0.2, 0.25) is 0 Å². The Bertz CT molecular complexity index is 2130. The summed E-state index contributed by atoms with van der Waals surface area (Å²) in [5.41, 5.74) is 7.66. The van der Waals surface area contributed by atoms with Gasteiger partial charge in [0.05, 0.1) is 5.76 Å². The van der Waals surface area contributed by atoms with Crippen LogP contribution in [0.1, 0.15) is 108 Å². The molecular formula is C42H51IrN2O2SSe2-. The number of carbonyl (C=O) groups excluding carboxylic acids is 1. The van der Waals surface area contributed by atoms with Crippen LogP contribution in [0, 0.1) is 37.7 Å². The van der Waals surface area contributed by atoms with Gasteiger partial charge in [-0.25, -0.2) is 0 Å². The van der Waals surface area contributed by atoms with Crippen LogP contribution >= 0.6 is 11.3 Å². The van der Waals surface area contributed by atoms with Crippen molar-refractivity contribution < 1.29 is 30.0 Å². The van der Waals surface area contributed by atoms with Crippen molar-refractivity contribution in [3.63, 3.8) is 0 Å². The fraction of sp³-hybridized carbons (Fsp3) is 0.452. The topological polar surface area (TPSA) is 63.1 Å². The molecule has 0 unspecified atom stereocenters. The summed E-state index contributed by atoms with van der Waals surface area (Å²) >= 11 is 2.75. The molecule has 0 atom stereocenters. The van der Waals surface area contributed by atoms with Crippen LogP contribution in [0.4, 0.5) is 0 Å². The van der Waals surface area contributed by atoms with E-state index in [1.807, 2.05) is 39.0 Å². The number of allylic oxidation sites excluding steroid dienone is 2. The van der Waals surface area contributed by atoms with E-state index in [1.54, 1.807) is 19.3 Å². The van der Waals surface area contributed by atoms with Crippen molar-refractivity contribution in [2.75, 3.05) is 0 Å². The minimum atomic E-state index is 0. The average molecular weight is 998 g/mol. The van der Waals surface area contributed by atoms with Crippen molar-refractivity contribution in [2.45, 2.75) is 107 Å². The van der Waals surface area contributed by atoms with E-state index in [-0.39, 0.29) is 43.5 Å². The van der Waals surface area contributed by atoms with Crippen molar-refractivity contribution in [3.8, 4) is 11.3 Å². The van der Waals surface area contributed by atoms with E-state index in [0.717, 1.165) is 48.9 Å². The summed E-state index contributed by atoms with van der Waals surface area (Å²) in [6, 6.07) is 12.9. The van der Waals surface area contributed by atoms with Gasteiger partial charge in [-0.2, -0.15) is 0 Å². The summed E-state index contributed by atoms with van der Waals surface area (Å²) < 4.78 is 7.29. The van der Waals surface area contributed by atoms with Gasteiger partial charge in [0, 0.05) is 38.0 Å². The predicted octanol–water partition coefficient (Wildman–Crippen LogP) is 11.5. The summed E-state index contributed by atoms with van der Waals surface area (Å²) in [6.07, 6.45) is 7.74. The Labute approximate surface area is 328 Å². The SMILES string of the molecule is CCC(CC)C(=O)/C=C(\O)C(CC)CC.Cc1[se]c2[se]c3[c-]c(-c4ncnc5c4sc4c(CC(C)C)cccc45)cc(C(C)C)c3c2c1C.[Ir]. The Balaban J connectivity index is 0.000000301. The maximum absolute atomic E-state index is 11.7. The molecule has 1 N–H and O–H groups in total. The number of aromatic nitrogens is 2. The number of hydrogen-bond donors (Lipinski definition) is 1. The van der Waals surface area contributed by atoms with Crippen LogP contribution in [0.5, 0.6) is 0 Å². The van der Waals surface area contributed by atoms with Crippen LogP contribution in [-0.4, -0.2) is 49.9 Å². The number of aliphatic hydroxyl groups excluding tert-OH is 1. The van der Waals surface area contributed by atoms with Gasteiger partial charge in [-0.1, -0.05) is 27.7 Å². The Hall–Kier alpha value is -1.88. The number of ketones is 1. The molecule has 50 heavy (non-hydrogen) atoms. The van der Waals surface area contributed by atoms with Gasteiger partial charge in [-0.15, -0.1) is 0 Å². The van der Waals surface area contributed by atoms with Crippen LogP contribution in [0.25, 0.3) is 49.7 Å². The first kappa shape index (κ1) is 40.9. The Morgan fingerprint density at radius 2 is 1.62 bits per heavy atom. The monoisotopic (exact) mass is 1000 g/mol. The summed E-state index contributed by atoms with van der Waals surface area (Å²) in [5, 5.41) is 14.1. The summed E-state index contributed by atoms with van der Waals surface area (Å²) in [4.78, 5) is 21.3. The van der Waals surface area contributed by atoms with Crippen LogP contribution in [0.15, 0.2) is 42.4 Å². The Morgan fingerprint density at radius 1 is 0.940 bits per heavy atom. The number of carbonyl (C=O) groups is 1. The van der Waals surface area contributed by atoms with Crippen molar-refractivity contribution in [2.24, 2.45) is 17.8 Å². The number of benzene rings is 2. The third-order valence-corrected chi connectivity index (χ3v) is 16.9. The molecule has 0 aliphatic heterocycles. The van der Waals surface area contributed by atoms with Gasteiger partial charge in [0.2, 0.25) is 0 Å². The molecule has 1 radical (unpaired) electrons. The zero-order chi connectivity index (χ0) is 35.6. The van der Waals surface area contributed by atoms with Gasteiger partial charge in [0.1, 0.15) is 0 Å². The molecule has 6 aromatic rings. The normalized spacial score (nSPS) is 12.2. The first-order valence-corrected chi connectivity index (χ1v) is 22.2. The van der Waals surface area contributed by atoms with Crippen molar-refractivity contribution in [3.05, 3.63) is 69.6 Å². The van der Waals surface area contributed by atoms with Crippen LogP contribution in [-0.2, 0) is 31.3 Å². The maximum atomic E-state index is 11.7. The summed E-state index contributed by atoms with van der Waals surface area (Å²) in [7, 11) is 0. The largest absolute Gasteiger partial charge is 0 e. The van der Waals surface area contributed by atoms with Gasteiger partial charge in [0.15, 0.2) is 5.78 Å². The molecule has 2 aromatic carbocycles. The van der Waals surface area contributed by atoms with Gasteiger partial charge in [-0.05, 0) is 25.7 Å². The van der Waals surface area contributed by atoms with Gasteiger partial charge < -0.3 is 5.11 Å². The molecule has 0 saturated carbocycles. The zero-order valence-electron chi connectivity index (χ0n) is 31.1. The smallest absolute Gasteiger partial charge is 0 e. The predicted molar refractivity (Wildman–Crippen MR) is 214 cm³/mol. The molecule has 6 rings (SSSR count). The van der Waals surface area contributed by atoms with E-state index in [2.05, 4.69) is 71.9 Å². The molecule has 4 aromatic heterocycles. The summed E-state index contributed by atoms with van der Waals surface area (Å²) in [5.74, 6) is 1.63. The van der Waals surface area contributed by atoms with Crippen LogP contribution in [0.3, 0.4) is 0 Å². The number of aliphatic hydroxyl groups is 1. The Morgan fingerprint density at radius 3 is 2.24 bits per heavy atom. The fourth-order valence-electron chi connectivity index (χ4n) is 6.77. The fourth-order valence-corrected chi connectivity index (χ4v) is 14.9. The number of fused-ring (bicyclic) bond motifs is 6. The second-order valence-corrected chi connectivity index (χ2v) is 21.0. The molecule has 0 aliphatic carbocycles. The van der Waals surface area contributed by atoms with Gasteiger partial charge in [0.25, 0.3) is 0 Å². The molecule has 4 heterocycles. The number of rotatable bonds is 11. The number of thiophene rings is 1. The minimum Gasteiger partial charge on any atom is 0 e. The van der Waals surface area contributed by atoms with Gasteiger partial charge in [-0.3, -0.25) is 4.79 Å². The third-order valence-electron chi connectivity index (χ3n) is 9.81. The molecule has 0 fully saturated rings. The molecule has 269 valence electrons. The van der Waals surface area contributed by atoms with Crippen molar-refractivity contribution in [1.82, 2.24) is 9.97 Å². The molecule has 0 bridgehead atoms. The molecule has 0 amide bonds. The molecular weight excluding hydrogens is 947 g/mol. The molecule has 0 aliphatic rings. The van der Waals surface area contributed by atoms with E-state index < -0.39 is 0 Å². The molecule has 0 spiro atoms. The first-order chi connectivity index (χ1) is 23.4. The standard InChI is InChI=1S/C29H27N2SSe2.C13H24O2.Ir/c1-14(2)10-18-8-7-9-20-26-28(32-27(18)20)25(30-13-31-26)19-11-21(15(3)4)24-22(12-19)34-29-23(24)16(5)17(6)33-29;1-5-10(6-2)12(14)9-13(15)11(7-3)8-4;/h7-9,11,13-15H,10H2,1-6H3;9-11,14H,5-8H2,1-4H3;/q-1;;/b;12-9-;. The van der Waals surface area contributed by atoms with Crippen LogP contribution < -0.4 is 0 Å². The number of aryl methyl sites for hydroxylation is 2. The second kappa shape index (κ2) is 17.8. The van der Waals surface area contributed by atoms with Gasteiger partial charge >= 0.3 is 218 Å². The van der Waals surface area contributed by atoms with Crippen molar-refractivity contribution >= 4 is 84.6 Å². The maximum Gasteiger partial charge on any atom is 0 e. The minimum absolute atomic E-state index is 0. The summed E-state index contributed by atoms with van der Waals surface area (Å²) in [6.45, 7) is 21.9. The van der Waals surface area contributed by atoms with E-state index in [9.17, 15) is 9.90 Å². The van der Waals surface area contributed by atoms with Crippen molar-refractivity contribution in [1.29, 1.82) is 0 Å². The Kier molecular flexibility index (Phi) is 14.5. The van der Waals surface area contributed by atoms with E-state index in [4.69, 9.17) is 9.97 Å². The number of nitrogens with zero attached hydrogens (tertiary/aromatic N) is 2. The van der Waals surface area contributed by atoms with E-state index in [1.165, 1.54) is 47.2 Å². The third kappa shape index (κ3) is 8.34. The quantitative estimate of drug-likeness (QED) is 0.0608. The average Bonchev–Trinajstić information content (AvgIpc) is 3.71. The number of hydrogen-bond acceptors (Lipinski definition) is 5. The van der Waals surface area contributed by atoms with E-state index >= 15 is 0 Å². The first-order valence-electron chi connectivity index (χ1n) is 17.9. The molecule has 4 nitrogen and oxygen atoms in total.